The number of aromatic nitrogens is 2. The minimum Gasteiger partial charge on any atom is -0.345 e. The van der Waals surface area contributed by atoms with Gasteiger partial charge in [-0.05, 0) is 44.7 Å². The Morgan fingerprint density at radius 2 is 2.30 bits per heavy atom. The Morgan fingerprint density at radius 1 is 1.50 bits per heavy atom. The number of nitrogens with one attached hydrogen (secondary N) is 1. The maximum absolute atomic E-state index is 12.3. The van der Waals surface area contributed by atoms with E-state index in [1.54, 1.807) is 11.3 Å². The van der Waals surface area contributed by atoms with Gasteiger partial charge in [-0.2, -0.15) is 5.10 Å². The molecular weight excluding hydrogens is 270 g/mol. The molecule has 0 aromatic carbocycles. The maximum Gasteiger partial charge on any atom is 0.261 e. The molecule has 0 saturated heterocycles. The molecule has 0 bridgehead atoms. The lowest BCUT2D eigenvalue weighted by Crippen LogP contribution is -2.26. The Hall–Kier alpha value is -1.62. The smallest absolute Gasteiger partial charge is 0.261 e. The molecule has 4 nitrogen and oxygen atoms in total. The van der Waals surface area contributed by atoms with Crippen LogP contribution in [0.4, 0.5) is 0 Å². The van der Waals surface area contributed by atoms with Gasteiger partial charge in [0, 0.05) is 23.2 Å². The molecule has 1 aliphatic carbocycles. The molecule has 1 amide bonds. The van der Waals surface area contributed by atoms with E-state index < -0.39 is 0 Å². The van der Waals surface area contributed by atoms with Crippen LogP contribution < -0.4 is 5.32 Å². The van der Waals surface area contributed by atoms with Gasteiger partial charge in [-0.1, -0.05) is 0 Å². The number of carbonyl (C=O) groups is 1. The van der Waals surface area contributed by atoms with E-state index in [4.69, 9.17) is 0 Å². The second-order valence-electron chi connectivity index (χ2n) is 5.42. The van der Waals surface area contributed by atoms with Crippen LogP contribution in [0, 0.1) is 6.92 Å². The Kier molecular flexibility index (Phi) is 3.38. The highest BCUT2D eigenvalue weighted by atomic mass is 32.1. The minimum atomic E-state index is -0.0202. The zero-order valence-corrected chi connectivity index (χ0v) is 12.9. The summed E-state index contributed by atoms with van der Waals surface area (Å²) in [6, 6.07) is 2.04. The van der Waals surface area contributed by atoms with Crippen LogP contribution in [0.2, 0.25) is 0 Å². The van der Waals surface area contributed by atoms with Crippen LogP contribution in [0.5, 0.6) is 0 Å². The number of thiophene rings is 1. The largest absolute Gasteiger partial charge is 0.345 e. The van der Waals surface area contributed by atoms with Gasteiger partial charge >= 0.3 is 0 Å². The summed E-state index contributed by atoms with van der Waals surface area (Å²) in [5, 5.41) is 7.30. The zero-order valence-electron chi connectivity index (χ0n) is 12.1. The van der Waals surface area contributed by atoms with Crippen molar-refractivity contribution in [3.63, 3.8) is 0 Å². The first-order valence-corrected chi connectivity index (χ1v) is 7.79. The molecule has 2 aromatic heterocycles. The predicted octanol–water partition coefficient (Wildman–Crippen LogP) is 2.77. The number of hydrogen-bond acceptors (Lipinski definition) is 3. The van der Waals surface area contributed by atoms with Gasteiger partial charge in [0.25, 0.3) is 5.91 Å². The van der Waals surface area contributed by atoms with E-state index in [2.05, 4.69) is 16.5 Å². The Balaban J connectivity index is 1.73. The third-order valence-electron chi connectivity index (χ3n) is 4.06. The van der Waals surface area contributed by atoms with Gasteiger partial charge in [0.1, 0.15) is 0 Å². The Labute approximate surface area is 122 Å². The van der Waals surface area contributed by atoms with E-state index in [0.717, 1.165) is 29.0 Å². The number of amides is 1. The fourth-order valence-corrected chi connectivity index (χ4v) is 3.88. The Morgan fingerprint density at radius 3 is 2.95 bits per heavy atom. The number of nitrogens with zero attached hydrogens (tertiary/aromatic N) is 2. The van der Waals surface area contributed by atoms with Crippen molar-refractivity contribution >= 4 is 17.2 Å². The number of carbonyl (C=O) groups excluding carboxylic acids is 1. The maximum atomic E-state index is 12.3. The summed E-state index contributed by atoms with van der Waals surface area (Å²) in [7, 11) is 1.91. The van der Waals surface area contributed by atoms with Crippen molar-refractivity contribution in [2.45, 2.75) is 39.2 Å². The van der Waals surface area contributed by atoms with E-state index in [9.17, 15) is 4.79 Å². The topological polar surface area (TPSA) is 46.9 Å². The van der Waals surface area contributed by atoms with Gasteiger partial charge < -0.3 is 5.32 Å². The second-order valence-corrected chi connectivity index (χ2v) is 6.55. The first kappa shape index (κ1) is 13.4. The molecule has 5 heteroatoms. The predicted molar refractivity (Wildman–Crippen MR) is 80.2 cm³/mol. The summed E-state index contributed by atoms with van der Waals surface area (Å²) in [5.41, 5.74) is 3.53. The van der Waals surface area contributed by atoms with Crippen LogP contribution in [-0.2, 0) is 19.9 Å². The van der Waals surface area contributed by atoms with E-state index in [1.807, 2.05) is 31.8 Å². The molecule has 0 spiro atoms. The second kappa shape index (κ2) is 5.05. The summed E-state index contributed by atoms with van der Waals surface area (Å²) >= 11 is 1.64. The van der Waals surface area contributed by atoms with Gasteiger partial charge in [-0.15, -0.1) is 11.3 Å². The SMILES string of the molecule is Cc1c(C(C)NC(=O)c2cc3c(s2)CCC3)cnn1C. The van der Waals surface area contributed by atoms with Crippen molar-refractivity contribution in [2.75, 3.05) is 0 Å². The molecule has 0 saturated carbocycles. The van der Waals surface area contributed by atoms with Crippen LogP contribution in [0.25, 0.3) is 0 Å². The van der Waals surface area contributed by atoms with Crippen molar-refractivity contribution in [2.24, 2.45) is 7.05 Å². The first-order valence-electron chi connectivity index (χ1n) is 6.97. The fraction of sp³-hybridized carbons (Fsp3) is 0.467. The lowest BCUT2D eigenvalue weighted by molar-refractivity contribution is 0.0944. The minimum absolute atomic E-state index is 0.0202. The fourth-order valence-electron chi connectivity index (χ4n) is 2.73. The molecule has 0 fully saturated rings. The zero-order chi connectivity index (χ0) is 14.3. The molecule has 1 aliphatic rings. The molecule has 2 heterocycles. The molecule has 20 heavy (non-hydrogen) atoms. The molecule has 0 aliphatic heterocycles. The van der Waals surface area contributed by atoms with Gasteiger partial charge in [0.05, 0.1) is 17.1 Å². The van der Waals surface area contributed by atoms with Crippen LogP contribution in [-0.4, -0.2) is 15.7 Å². The summed E-state index contributed by atoms with van der Waals surface area (Å²) in [6.07, 6.45) is 5.31. The third kappa shape index (κ3) is 2.26. The lowest BCUT2D eigenvalue weighted by atomic mass is 10.1. The first-order chi connectivity index (χ1) is 9.56. The van der Waals surface area contributed by atoms with Crippen molar-refractivity contribution in [3.8, 4) is 0 Å². The highest BCUT2D eigenvalue weighted by Gasteiger charge is 2.20. The standard InChI is InChI=1S/C15H19N3OS/c1-9(12-8-16-18(3)10(12)2)17-15(19)14-7-11-5-4-6-13(11)20-14/h7-9H,4-6H2,1-3H3,(H,17,19). The number of aryl methyl sites for hydroxylation is 3. The Bertz CT molecular complexity index is 635. The summed E-state index contributed by atoms with van der Waals surface area (Å²) in [6.45, 7) is 4.02. The van der Waals surface area contributed by atoms with Crippen molar-refractivity contribution in [1.29, 1.82) is 0 Å². The molecule has 1 atom stereocenters. The van der Waals surface area contributed by atoms with Crippen LogP contribution in [0.1, 0.15) is 50.8 Å². The molecule has 1 unspecified atom stereocenters. The number of hydrogen-bond donors (Lipinski definition) is 1. The summed E-state index contributed by atoms with van der Waals surface area (Å²) < 4.78 is 1.83. The van der Waals surface area contributed by atoms with Crippen LogP contribution in [0.15, 0.2) is 12.3 Å². The average Bonchev–Trinajstić information content (AvgIpc) is 3.05. The van der Waals surface area contributed by atoms with E-state index in [0.29, 0.717) is 0 Å². The highest BCUT2D eigenvalue weighted by Crippen LogP contribution is 2.30. The van der Waals surface area contributed by atoms with E-state index in [1.165, 1.54) is 16.9 Å². The van der Waals surface area contributed by atoms with Gasteiger partial charge in [0.15, 0.2) is 0 Å². The van der Waals surface area contributed by atoms with Crippen LogP contribution in [0.3, 0.4) is 0 Å². The van der Waals surface area contributed by atoms with E-state index >= 15 is 0 Å². The quantitative estimate of drug-likeness (QED) is 0.944. The van der Waals surface area contributed by atoms with E-state index in [-0.39, 0.29) is 11.9 Å². The van der Waals surface area contributed by atoms with Gasteiger partial charge in [-0.3, -0.25) is 9.48 Å². The summed E-state index contributed by atoms with van der Waals surface area (Å²) in [5.74, 6) is 0.0279. The van der Waals surface area contributed by atoms with Gasteiger partial charge in [-0.25, -0.2) is 0 Å². The molecule has 1 N–H and O–H groups in total. The van der Waals surface area contributed by atoms with Crippen molar-refractivity contribution < 1.29 is 4.79 Å². The molecule has 3 rings (SSSR count). The third-order valence-corrected chi connectivity index (χ3v) is 5.29. The van der Waals surface area contributed by atoms with Crippen molar-refractivity contribution in [1.82, 2.24) is 15.1 Å². The monoisotopic (exact) mass is 289 g/mol. The molecule has 2 aromatic rings. The average molecular weight is 289 g/mol. The summed E-state index contributed by atoms with van der Waals surface area (Å²) in [4.78, 5) is 14.5. The van der Waals surface area contributed by atoms with Gasteiger partial charge in [0.2, 0.25) is 0 Å². The lowest BCUT2D eigenvalue weighted by Gasteiger charge is -2.13. The number of fused-ring (bicyclic) bond motifs is 1. The van der Waals surface area contributed by atoms with Crippen molar-refractivity contribution in [3.05, 3.63) is 38.8 Å². The highest BCUT2D eigenvalue weighted by molar-refractivity contribution is 7.14. The molecule has 0 radical (unpaired) electrons. The van der Waals surface area contributed by atoms with Crippen LogP contribution >= 0.6 is 11.3 Å². The molecule has 106 valence electrons. The number of rotatable bonds is 3. The normalized spacial score (nSPS) is 15.2. The molecular formula is C15H19N3OS.